The van der Waals surface area contributed by atoms with Crippen molar-refractivity contribution in [2.24, 2.45) is 32.9 Å². The van der Waals surface area contributed by atoms with Gasteiger partial charge in [0.2, 0.25) is 41.4 Å². The van der Waals surface area contributed by atoms with E-state index in [1.165, 1.54) is 29.2 Å². The van der Waals surface area contributed by atoms with Crippen molar-refractivity contribution in [1.29, 1.82) is 0 Å². The van der Waals surface area contributed by atoms with E-state index in [1.54, 1.807) is 6.26 Å². The van der Waals surface area contributed by atoms with E-state index in [4.69, 9.17) is 22.9 Å². The molecule has 3 heterocycles. The Morgan fingerprint density at radius 3 is 1.96 bits per heavy atom. The van der Waals surface area contributed by atoms with Crippen LogP contribution in [0, 0.1) is 0 Å². The normalized spacial score (nSPS) is 17.5. The number of carbonyl (C=O) groups is 9. The zero-order valence-electron chi connectivity index (χ0n) is 38.0. The lowest BCUT2D eigenvalue weighted by atomic mass is 10.1. The molecule has 0 bridgehead atoms. The lowest BCUT2D eigenvalue weighted by Gasteiger charge is -2.30. The van der Waals surface area contributed by atoms with E-state index in [0.29, 0.717) is 37.3 Å². The van der Waals surface area contributed by atoms with Crippen LogP contribution in [-0.4, -0.2) is 177 Å². The summed E-state index contributed by atoms with van der Waals surface area (Å²) >= 11 is 1.35. The highest BCUT2D eigenvalue weighted by Gasteiger charge is 2.40. The number of imidazole rings is 1. The minimum atomic E-state index is -1.46. The number of hydrogen-bond donors (Lipinski definition) is 14. The number of nitrogens with two attached hydrogens (primary N) is 4. The van der Waals surface area contributed by atoms with Crippen LogP contribution in [0.4, 0.5) is 0 Å². The summed E-state index contributed by atoms with van der Waals surface area (Å²) in [5, 5.41) is 37.8. The Bertz CT molecular complexity index is 1940. The number of carbonyl (C=O) groups excluding carboxylic acids is 7. The average Bonchev–Trinajstić information content (AvgIpc) is 4.11. The van der Waals surface area contributed by atoms with Gasteiger partial charge in [0.1, 0.15) is 36.3 Å². The quantitative estimate of drug-likeness (QED) is 0.0195. The fraction of sp³-hybridized carbons (Fsp3) is 0.650. The van der Waals surface area contributed by atoms with E-state index < -0.39 is 109 Å². The molecule has 0 unspecified atom stereocenters. The summed E-state index contributed by atoms with van der Waals surface area (Å²) in [7, 11) is 0. The predicted octanol–water partition coefficient (Wildman–Crippen LogP) is -4.95. The van der Waals surface area contributed by atoms with Crippen LogP contribution >= 0.6 is 11.8 Å². The topological polar surface area (TPSA) is 439 Å². The molecule has 2 fully saturated rings. The summed E-state index contributed by atoms with van der Waals surface area (Å²) in [4.78, 5) is 134. The third-order valence-electron chi connectivity index (χ3n) is 10.9. The second kappa shape index (κ2) is 29.1. The number of hydrogen-bond acceptors (Lipinski definition) is 14. The third kappa shape index (κ3) is 19.6. The van der Waals surface area contributed by atoms with Crippen LogP contribution in [0.3, 0.4) is 0 Å². The Kier molecular flexibility index (Phi) is 23.8. The van der Waals surface area contributed by atoms with Gasteiger partial charge in [-0.05, 0) is 82.8 Å². The summed E-state index contributed by atoms with van der Waals surface area (Å²) < 4.78 is 0. The van der Waals surface area contributed by atoms with Gasteiger partial charge < -0.3 is 80.2 Å². The zero-order chi connectivity index (χ0) is 50.2. The molecule has 0 spiro atoms. The summed E-state index contributed by atoms with van der Waals surface area (Å²) in [5.74, 6) is -7.67. The van der Waals surface area contributed by atoms with Gasteiger partial charge in [0, 0.05) is 44.4 Å². The third-order valence-corrected chi connectivity index (χ3v) is 11.6. The van der Waals surface area contributed by atoms with Gasteiger partial charge in [-0.1, -0.05) is 0 Å². The predicted molar refractivity (Wildman–Crippen MR) is 248 cm³/mol. The molecule has 1 aromatic rings. The molecule has 378 valence electrons. The van der Waals surface area contributed by atoms with Crippen molar-refractivity contribution in [3.05, 3.63) is 18.2 Å². The molecule has 0 aliphatic carbocycles. The van der Waals surface area contributed by atoms with Crippen LogP contribution in [0.5, 0.6) is 0 Å². The Balaban J connectivity index is 1.72. The van der Waals surface area contributed by atoms with Crippen molar-refractivity contribution >= 4 is 77.0 Å². The number of thioether (sulfide) groups is 1. The molecule has 2 aliphatic heterocycles. The fourth-order valence-corrected chi connectivity index (χ4v) is 7.89. The van der Waals surface area contributed by atoms with Gasteiger partial charge in [-0.3, -0.25) is 48.3 Å². The van der Waals surface area contributed by atoms with E-state index in [1.807, 2.05) is 0 Å². The molecule has 7 atom stereocenters. The molecule has 3 rings (SSSR count). The second-order valence-electron chi connectivity index (χ2n) is 16.2. The molecule has 2 saturated heterocycles. The molecule has 0 radical (unpaired) electrons. The monoisotopic (exact) mass is 978 g/mol. The molecule has 68 heavy (non-hydrogen) atoms. The number of H-pyrrole nitrogens is 1. The van der Waals surface area contributed by atoms with Crippen molar-refractivity contribution in [1.82, 2.24) is 52.1 Å². The van der Waals surface area contributed by atoms with Crippen LogP contribution in [0.25, 0.3) is 0 Å². The van der Waals surface area contributed by atoms with E-state index in [-0.39, 0.29) is 76.5 Å². The molecule has 0 aromatic carbocycles. The summed E-state index contributed by atoms with van der Waals surface area (Å²) in [6.45, 7) is 0.288. The van der Waals surface area contributed by atoms with E-state index in [9.17, 15) is 53.4 Å². The van der Waals surface area contributed by atoms with Gasteiger partial charge in [0.25, 0.3) is 0 Å². The van der Waals surface area contributed by atoms with Gasteiger partial charge >= 0.3 is 11.9 Å². The number of carboxylic acids is 2. The van der Waals surface area contributed by atoms with Crippen molar-refractivity contribution in [2.75, 3.05) is 44.7 Å². The van der Waals surface area contributed by atoms with Gasteiger partial charge in [0.15, 0.2) is 11.9 Å². The minimum Gasteiger partial charge on any atom is -0.481 e. The molecule has 2 aliphatic rings. The van der Waals surface area contributed by atoms with Gasteiger partial charge in [-0.2, -0.15) is 11.8 Å². The maximum atomic E-state index is 14.0. The number of aliphatic imine (C=N–C) groups is 2. The summed E-state index contributed by atoms with van der Waals surface area (Å²) in [6.07, 6.45) is 6.02. The summed E-state index contributed by atoms with van der Waals surface area (Å²) in [5.41, 5.74) is 22.2. The molecule has 27 nitrogen and oxygen atoms in total. The van der Waals surface area contributed by atoms with Crippen LogP contribution in [-0.2, 0) is 49.6 Å². The highest BCUT2D eigenvalue weighted by molar-refractivity contribution is 7.98. The largest absolute Gasteiger partial charge is 0.481 e. The second-order valence-corrected chi connectivity index (χ2v) is 17.1. The molecule has 7 amide bonds. The number of carboxylic acid groups (broad SMARTS) is 2. The van der Waals surface area contributed by atoms with Gasteiger partial charge in [0.05, 0.1) is 18.9 Å². The smallest absolute Gasteiger partial charge is 0.326 e. The van der Waals surface area contributed by atoms with Crippen LogP contribution in [0.1, 0.15) is 76.3 Å². The first-order valence-electron chi connectivity index (χ1n) is 22.2. The van der Waals surface area contributed by atoms with Crippen LogP contribution in [0.2, 0.25) is 0 Å². The fourth-order valence-electron chi connectivity index (χ4n) is 7.42. The van der Waals surface area contributed by atoms with Crippen molar-refractivity contribution in [3.63, 3.8) is 0 Å². The number of aliphatic carboxylic acids is 2. The van der Waals surface area contributed by atoms with E-state index >= 15 is 0 Å². The number of likely N-dealkylation sites (tertiary alicyclic amines) is 1. The van der Waals surface area contributed by atoms with Crippen LogP contribution < -0.4 is 60.2 Å². The molecule has 1 aromatic heterocycles. The first-order chi connectivity index (χ1) is 32.4. The van der Waals surface area contributed by atoms with Crippen molar-refractivity contribution < 1.29 is 53.4 Å². The van der Waals surface area contributed by atoms with Gasteiger partial charge in [-0.25, -0.2) is 9.78 Å². The SMILES string of the molecule is CSCC[C@H](NC(=O)CNC(=O)[C@H](CCCN=C(N)N)NC(=O)[C@H](CCCN=C(N)N)NC(=O)[C@@H]1CCCN1)C(=O)N[C@@H](CCC(=O)O)C(=O)N1CCC[C@H]1C(=O)N[C@@H](Cc1cnc[nH]1)C(=O)O. The van der Waals surface area contributed by atoms with Crippen LogP contribution in [0.15, 0.2) is 22.5 Å². The summed E-state index contributed by atoms with van der Waals surface area (Å²) in [6, 6.07) is -8.07. The minimum absolute atomic E-state index is 0.00416. The number of nitrogens with zero attached hydrogens (tertiary/aromatic N) is 4. The molecular formula is C40H66N16O11S. The Morgan fingerprint density at radius 1 is 0.779 bits per heavy atom. The number of amides is 7. The van der Waals surface area contributed by atoms with Gasteiger partial charge in [-0.15, -0.1) is 0 Å². The Morgan fingerprint density at radius 2 is 1.40 bits per heavy atom. The molecule has 28 heteroatoms. The molecular weight excluding hydrogens is 913 g/mol. The molecule has 18 N–H and O–H groups in total. The highest BCUT2D eigenvalue weighted by Crippen LogP contribution is 2.21. The zero-order valence-corrected chi connectivity index (χ0v) is 38.8. The maximum absolute atomic E-state index is 14.0. The Hall–Kier alpha value is -6.71. The first-order valence-corrected chi connectivity index (χ1v) is 23.6. The van der Waals surface area contributed by atoms with Crippen molar-refractivity contribution in [3.8, 4) is 0 Å². The van der Waals surface area contributed by atoms with E-state index in [2.05, 4.69) is 57.2 Å². The van der Waals surface area contributed by atoms with E-state index in [0.717, 1.165) is 6.42 Å². The molecule has 0 saturated carbocycles. The number of rotatable bonds is 30. The standard InChI is InChI=1S/C40H66N16O11S/c1-68-17-12-26(35(63)54-27(10-11-31(58)59)37(65)56-16-5-9-29(56)36(64)55-28(38(66)67)18-22-19-45-21-50-22)51-30(57)20-49-32(60)24(7-3-14-47-39(41)42)52-34(62)25(8-4-15-48-40(43)44)53-33(61)23-6-2-13-46-23/h19,21,23-29,46H,2-18,20H2,1H3,(H,45,50)(H,49,60)(H,51,57)(H,52,62)(H,53,61)(H,54,63)(H,55,64)(H,58,59)(H,66,67)(H4,41,42,47)(H4,43,44,48)/t23-,24-,25-,26-,27-,28-,29-/m0/s1. The lowest BCUT2D eigenvalue weighted by molar-refractivity contribution is -0.145. The maximum Gasteiger partial charge on any atom is 0.326 e. The lowest BCUT2D eigenvalue weighted by Crippen LogP contribution is -2.58. The van der Waals surface area contributed by atoms with Crippen molar-refractivity contribution in [2.45, 2.75) is 119 Å². The number of nitrogens with one attached hydrogen (secondary N) is 8. The highest BCUT2D eigenvalue weighted by atomic mass is 32.2. The number of aromatic nitrogens is 2. The Labute approximate surface area is 396 Å². The number of aromatic amines is 1. The number of guanidine groups is 2. The average molecular weight is 979 g/mol. The first kappa shape index (κ1) is 55.6.